The lowest BCUT2D eigenvalue weighted by atomic mass is 9.96. The molecule has 3 N–H and O–H groups in total. The topological polar surface area (TPSA) is 135 Å². The van der Waals surface area contributed by atoms with Crippen molar-refractivity contribution in [2.75, 3.05) is 26.2 Å². The van der Waals surface area contributed by atoms with Gasteiger partial charge in [-0.3, -0.25) is 19.2 Å². The molecule has 0 radical (unpaired) electrons. The highest BCUT2D eigenvalue weighted by Gasteiger charge is 2.48. The van der Waals surface area contributed by atoms with Crippen molar-refractivity contribution in [1.29, 1.82) is 0 Å². The van der Waals surface area contributed by atoms with E-state index >= 15 is 0 Å². The second-order valence-corrected chi connectivity index (χ2v) is 14.4. The number of nitrogens with zero attached hydrogens (tertiary/aromatic N) is 4. The van der Waals surface area contributed by atoms with E-state index < -0.39 is 18.1 Å². The van der Waals surface area contributed by atoms with Gasteiger partial charge in [0, 0.05) is 66.7 Å². The quantitative estimate of drug-likeness (QED) is 0.393. The normalized spacial score (nSPS) is 26.4. The van der Waals surface area contributed by atoms with Crippen LogP contribution >= 0.6 is 11.3 Å². The van der Waals surface area contributed by atoms with Crippen molar-refractivity contribution in [2.24, 2.45) is 0 Å². The van der Waals surface area contributed by atoms with E-state index in [-0.39, 0.29) is 60.7 Å². The van der Waals surface area contributed by atoms with Gasteiger partial charge in [0.15, 0.2) is 0 Å². The number of aromatic hydroxyl groups is 1. The molecule has 3 saturated heterocycles. The molecule has 2 aromatic carbocycles. The highest BCUT2D eigenvalue weighted by atomic mass is 32.1. The van der Waals surface area contributed by atoms with Crippen LogP contribution in [0.5, 0.6) is 5.75 Å². The predicted octanol–water partition coefficient (Wildman–Crippen LogP) is 2.58. The third-order valence-electron chi connectivity index (χ3n) is 10.1. The minimum Gasteiger partial charge on any atom is -0.508 e. The molecule has 4 amide bonds. The van der Waals surface area contributed by atoms with Crippen molar-refractivity contribution < 1.29 is 24.3 Å². The van der Waals surface area contributed by atoms with Crippen molar-refractivity contribution >= 4 is 35.0 Å². The van der Waals surface area contributed by atoms with Crippen molar-refractivity contribution in [1.82, 2.24) is 30.3 Å². The minimum absolute atomic E-state index is 0.0761. The zero-order chi connectivity index (χ0) is 32.7. The van der Waals surface area contributed by atoms with E-state index in [1.54, 1.807) is 57.5 Å². The number of thiazole rings is 1. The summed E-state index contributed by atoms with van der Waals surface area (Å²) in [5.74, 6) is -0.419. The van der Waals surface area contributed by atoms with Gasteiger partial charge in [-0.15, -0.1) is 11.3 Å². The maximum absolute atomic E-state index is 14.6. The Morgan fingerprint density at radius 3 is 2.49 bits per heavy atom. The second kappa shape index (κ2) is 13.1. The Kier molecular flexibility index (Phi) is 8.71. The van der Waals surface area contributed by atoms with E-state index in [4.69, 9.17) is 4.98 Å². The largest absolute Gasteiger partial charge is 0.508 e. The Bertz CT molecular complexity index is 1670. The van der Waals surface area contributed by atoms with E-state index in [0.717, 1.165) is 34.0 Å². The molecular formula is C35H40N6O5S. The summed E-state index contributed by atoms with van der Waals surface area (Å²) in [5.41, 5.74) is 1.96. The van der Waals surface area contributed by atoms with Crippen molar-refractivity contribution in [3.8, 4) is 5.75 Å². The lowest BCUT2D eigenvalue weighted by Gasteiger charge is -2.36. The molecule has 1 aromatic heterocycles. The van der Waals surface area contributed by atoms with Crippen LogP contribution in [0.1, 0.15) is 63.1 Å². The van der Waals surface area contributed by atoms with Crippen LogP contribution in [0.3, 0.4) is 0 Å². The molecule has 0 saturated carbocycles. The first-order valence-corrected chi connectivity index (χ1v) is 17.3. The van der Waals surface area contributed by atoms with Gasteiger partial charge in [-0.25, -0.2) is 4.98 Å². The fourth-order valence-electron chi connectivity index (χ4n) is 7.49. The third-order valence-corrected chi connectivity index (χ3v) is 11.2. The van der Waals surface area contributed by atoms with Crippen LogP contribution in [0, 0.1) is 6.92 Å². The van der Waals surface area contributed by atoms with Crippen LogP contribution in [0.25, 0.3) is 0 Å². The lowest BCUT2D eigenvalue weighted by molar-refractivity contribution is -0.146. The molecule has 0 unspecified atom stereocenters. The van der Waals surface area contributed by atoms with Crippen LogP contribution in [0.15, 0.2) is 54.6 Å². The Balaban J connectivity index is 1.21. The number of phenols is 1. The highest BCUT2D eigenvalue weighted by Crippen LogP contribution is 2.35. The molecule has 6 heterocycles. The number of phenolic OH excluding ortho intramolecular Hbond substituents is 1. The number of fused-ring (bicyclic) bond motifs is 4. The standard InChI is InChI=1S/C35H40N6O5S/c1-21-27-17-31(43)37-26-16-29(40(20-26)33(44)23-7-3-2-4-8-23)35(46)41-19-25(36-18-24-9-5-6-10-30(24)42)15-28(41)34(45)39-13-11-22(12-14-39)32(38-27)47-21/h2-10,22,25-26,28-29,36,42H,11-20H2,1H3,(H,37,43)/t25-,26-,28-,29-/m0/s1. The summed E-state index contributed by atoms with van der Waals surface area (Å²) in [5, 5.41) is 17.9. The predicted molar refractivity (Wildman–Crippen MR) is 176 cm³/mol. The van der Waals surface area contributed by atoms with Gasteiger partial charge in [-0.05, 0) is 50.8 Å². The van der Waals surface area contributed by atoms with Crippen molar-refractivity contribution in [2.45, 2.75) is 75.7 Å². The molecule has 246 valence electrons. The molecular weight excluding hydrogens is 616 g/mol. The highest BCUT2D eigenvalue weighted by molar-refractivity contribution is 7.11. The first-order valence-electron chi connectivity index (χ1n) is 16.5. The van der Waals surface area contributed by atoms with Gasteiger partial charge in [-0.1, -0.05) is 36.4 Å². The van der Waals surface area contributed by atoms with Crippen LogP contribution in [0.2, 0.25) is 0 Å². The molecule has 47 heavy (non-hydrogen) atoms. The number of likely N-dealkylation sites (tertiary alicyclic amines) is 1. The molecule has 0 spiro atoms. The van der Waals surface area contributed by atoms with Crippen LogP contribution in [-0.2, 0) is 27.3 Å². The SMILES string of the molecule is Cc1sc2nc1CC(=O)N[C@H]1C[C@@H](C(=O)N3C[C@@H](NCc4ccccc4O)C[C@H]3C(=O)N3CCC2CC3)N(C(=O)c2ccccc2)C1. The summed E-state index contributed by atoms with van der Waals surface area (Å²) in [6, 6.07) is 13.8. The van der Waals surface area contributed by atoms with E-state index in [1.165, 1.54) is 0 Å². The first-order chi connectivity index (χ1) is 22.7. The summed E-state index contributed by atoms with van der Waals surface area (Å²) in [6.07, 6.45) is 2.35. The molecule has 12 heteroatoms. The van der Waals surface area contributed by atoms with Gasteiger partial charge in [0.05, 0.1) is 17.1 Å². The Morgan fingerprint density at radius 1 is 0.979 bits per heavy atom. The van der Waals surface area contributed by atoms with Gasteiger partial charge in [0.25, 0.3) is 5.91 Å². The summed E-state index contributed by atoms with van der Waals surface area (Å²) in [4.78, 5) is 67.0. The minimum atomic E-state index is -0.839. The summed E-state index contributed by atoms with van der Waals surface area (Å²) in [6.45, 7) is 3.99. The maximum atomic E-state index is 14.6. The van der Waals surface area contributed by atoms with Gasteiger partial charge in [0.2, 0.25) is 17.7 Å². The number of amides is 4. The number of rotatable bonds is 4. The van der Waals surface area contributed by atoms with Crippen LogP contribution < -0.4 is 10.6 Å². The second-order valence-electron chi connectivity index (χ2n) is 13.1. The number of carbonyl (C=O) groups excluding carboxylic acids is 4. The van der Waals surface area contributed by atoms with E-state index in [9.17, 15) is 24.3 Å². The number of hydrogen-bond acceptors (Lipinski definition) is 8. The van der Waals surface area contributed by atoms with E-state index in [0.29, 0.717) is 38.2 Å². The molecule has 3 aromatic rings. The fraction of sp³-hybridized carbons (Fsp3) is 0.457. The molecule has 6 bridgehead atoms. The van der Waals surface area contributed by atoms with E-state index in [1.807, 2.05) is 30.0 Å². The molecule has 8 rings (SSSR count). The summed E-state index contributed by atoms with van der Waals surface area (Å²) < 4.78 is 0. The maximum Gasteiger partial charge on any atom is 0.254 e. The molecule has 4 atom stereocenters. The first kappa shape index (κ1) is 31.3. The van der Waals surface area contributed by atoms with Gasteiger partial charge in [0.1, 0.15) is 17.8 Å². The molecule has 5 aliphatic heterocycles. The van der Waals surface area contributed by atoms with Gasteiger partial charge in [-0.2, -0.15) is 0 Å². The average Bonchev–Trinajstić information content (AvgIpc) is 3.80. The van der Waals surface area contributed by atoms with Crippen molar-refractivity contribution in [3.05, 3.63) is 81.3 Å². The molecule has 5 aliphatic rings. The number of hydrogen-bond donors (Lipinski definition) is 3. The number of nitrogens with one attached hydrogen (secondary N) is 2. The summed E-state index contributed by atoms with van der Waals surface area (Å²) >= 11 is 1.63. The fourth-order valence-corrected chi connectivity index (χ4v) is 8.60. The van der Waals surface area contributed by atoms with Gasteiger partial charge < -0.3 is 30.4 Å². The monoisotopic (exact) mass is 656 g/mol. The van der Waals surface area contributed by atoms with Gasteiger partial charge >= 0.3 is 0 Å². The zero-order valence-corrected chi connectivity index (χ0v) is 27.2. The van der Waals surface area contributed by atoms with Crippen LogP contribution in [-0.4, -0.2) is 98.8 Å². The average molecular weight is 657 g/mol. The van der Waals surface area contributed by atoms with Crippen LogP contribution in [0.4, 0.5) is 0 Å². The third kappa shape index (κ3) is 6.36. The van der Waals surface area contributed by atoms with Crippen molar-refractivity contribution in [3.63, 3.8) is 0 Å². The Hall–Kier alpha value is -4.29. The summed E-state index contributed by atoms with van der Waals surface area (Å²) in [7, 11) is 0. The van der Waals surface area contributed by atoms with E-state index in [2.05, 4.69) is 10.6 Å². The zero-order valence-electron chi connectivity index (χ0n) is 26.4. The number of benzene rings is 2. The molecule has 11 nitrogen and oxygen atoms in total. The molecule has 3 fully saturated rings. The molecule has 0 aliphatic carbocycles. The smallest absolute Gasteiger partial charge is 0.254 e. The number of piperidine rings is 1. The Labute approximate surface area is 278 Å². The number of para-hydroxylation sites is 1. The number of aromatic nitrogens is 1. The lowest BCUT2D eigenvalue weighted by Crippen LogP contribution is -2.54. The number of aryl methyl sites for hydroxylation is 1. The number of carbonyl (C=O) groups is 4. The Morgan fingerprint density at radius 2 is 1.72 bits per heavy atom.